The Morgan fingerprint density at radius 2 is 2.31 bits per heavy atom. The number of rotatable bonds is 2. The van der Waals surface area contributed by atoms with Gasteiger partial charge in [-0.3, -0.25) is 4.79 Å². The number of amides is 1. The third-order valence-electron chi connectivity index (χ3n) is 2.93. The minimum atomic E-state index is -0.537. The number of carbonyl (C=O) groups is 1. The quantitative estimate of drug-likeness (QED) is 0.733. The van der Waals surface area contributed by atoms with E-state index in [4.69, 9.17) is 2.82 Å². The minimum absolute atomic E-state index is 0.171. The van der Waals surface area contributed by atoms with Crippen molar-refractivity contribution in [1.82, 2.24) is 0 Å². The number of carbonyl (C=O) groups excluding carboxylic acids is 1. The molecule has 2 rings (SSSR count). The zero-order chi connectivity index (χ0) is 11.1. The van der Waals surface area contributed by atoms with Crippen LogP contribution in [0.4, 0.5) is 0 Å². The molecule has 0 bridgehead atoms. The molecule has 1 saturated carbocycles. The summed E-state index contributed by atoms with van der Waals surface area (Å²) in [5, 5.41) is 0. The molecule has 0 heterocycles. The molecule has 0 aromatic heterocycles. The van der Waals surface area contributed by atoms with Crippen molar-refractivity contribution in [1.29, 1.82) is 0 Å². The van der Waals surface area contributed by atoms with Crippen LogP contribution in [0.1, 0.15) is 24.8 Å². The summed E-state index contributed by atoms with van der Waals surface area (Å²) in [6.45, 7) is 1.82. The summed E-state index contributed by atoms with van der Waals surface area (Å²) in [5.41, 5.74) is 0.781. The normalized spacial score (nSPS) is 33.2. The van der Waals surface area contributed by atoms with Crippen molar-refractivity contribution in [3.8, 4) is 0 Å². The van der Waals surface area contributed by atoms with Crippen molar-refractivity contribution in [3.63, 3.8) is 0 Å². The highest BCUT2D eigenvalue weighted by atomic mass is 16.1. The first-order valence-electron chi connectivity index (χ1n) is 5.32. The second kappa shape index (κ2) is 2.59. The Labute approximate surface area is 80.7 Å². The second-order valence-corrected chi connectivity index (χ2v) is 3.89. The van der Waals surface area contributed by atoms with E-state index < -0.39 is 11.3 Å². The molecule has 0 saturated heterocycles. The van der Waals surface area contributed by atoms with Gasteiger partial charge in [-0.25, -0.2) is 0 Å². The van der Waals surface area contributed by atoms with Crippen LogP contribution in [0.2, 0.25) is 2.82 Å². The molecule has 0 spiro atoms. The predicted molar refractivity (Wildman–Crippen MR) is 51.1 cm³/mol. The van der Waals surface area contributed by atoms with Crippen LogP contribution >= 0.6 is 0 Å². The highest BCUT2D eigenvalue weighted by molar-refractivity contribution is 5.85. The number of hydrogen-bond acceptors (Lipinski definition) is 1. The van der Waals surface area contributed by atoms with Crippen LogP contribution in [0.3, 0.4) is 0 Å². The molecular weight excluding hydrogens is 162 g/mol. The standard InChI is InChI=1S/C11H13NO/c1-11(10(12)13)7-9(11)8-5-3-2-4-6-8/h2-6,9H,7H2,1H3,(H2,12,13)/t9-,11+/m1/s1/i/hD2. The summed E-state index contributed by atoms with van der Waals surface area (Å²) in [6, 6.07) is 9.80. The highest BCUT2D eigenvalue weighted by Gasteiger charge is 2.55. The molecule has 1 aromatic carbocycles. The van der Waals surface area contributed by atoms with E-state index in [1.807, 2.05) is 37.3 Å². The van der Waals surface area contributed by atoms with Crippen LogP contribution in [-0.4, -0.2) is 5.91 Å². The molecule has 1 amide bonds. The van der Waals surface area contributed by atoms with E-state index in [-0.39, 0.29) is 11.6 Å². The summed E-state index contributed by atoms with van der Waals surface area (Å²) >= 11 is 0. The smallest absolute Gasteiger partial charge is 0.223 e. The van der Waals surface area contributed by atoms with Gasteiger partial charge in [-0.15, -0.1) is 0 Å². The van der Waals surface area contributed by atoms with Gasteiger partial charge in [0, 0.05) is 0 Å². The average Bonchev–Trinajstić information content (AvgIpc) is 2.92. The van der Waals surface area contributed by atoms with E-state index in [9.17, 15) is 4.79 Å². The molecule has 0 aliphatic heterocycles. The first-order chi connectivity index (χ1) is 7.05. The summed E-state index contributed by atoms with van der Waals surface area (Å²) < 4.78 is 14.0. The minimum Gasteiger partial charge on any atom is -0.369 e. The summed E-state index contributed by atoms with van der Waals surface area (Å²) in [5.74, 6) is -0.249. The van der Waals surface area contributed by atoms with Crippen LogP contribution in [0.25, 0.3) is 0 Å². The van der Waals surface area contributed by atoms with Gasteiger partial charge in [0.1, 0.15) is 0 Å². The molecule has 2 atom stereocenters. The molecule has 1 fully saturated rings. The Hall–Kier alpha value is -1.31. The summed E-state index contributed by atoms with van der Waals surface area (Å²) in [7, 11) is 0. The fourth-order valence-electron chi connectivity index (χ4n) is 1.77. The molecular formula is C11H13NO. The van der Waals surface area contributed by atoms with Gasteiger partial charge in [-0.1, -0.05) is 37.3 Å². The van der Waals surface area contributed by atoms with E-state index in [1.54, 1.807) is 0 Å². The molecule has 0 radical (unpaired) electrons. The topological polar surface area (TPSA) is 43.1 Å². The first kappa shape index (κ1) is 6.19. The predicted octanol–water partition coefficient (Wildman–Crippen LogP) is 1.67. The lowest BCUT2D eigenvalue weighted by Crippen LogP contribution is -2.23. The van der Waals surface area contributed by atoms with Gasteiger partial charge in [0.15, 0.2) is 2.82 Å². The van der Waals surface area contributed by atoms with E-state index in [1.165, 1.54) is 0 Å². The average molecular weight is 177 g/mol. The van der Waals surface area contributed by atoms with Gasteiger partial charge in [0.05, 0.1) is 5.41 Å². The van der Waals surface area contributed by atoms with Crippen LogP contribution in [0, 0.1) is 5.41 Å². The van der Waals surface area contributed by atoms with Crippen molar-refractivity contribution >= 4 is 5.91 Å². The zero-order valence-electron chi connectivity index (χ0n) is 9.53. The van der Waals surface area contributed by atoms with Gasteiger partial charge in [0.2, 0.25) is 5.91 Å². The molecule has 2 heteroatoms. The Balaban J connectivity index is 2.16. The maximum atomic E-state index is 11.6. The fourth-order valence-corrected chi connectivity index (χ4v) is 1.77. The van der Waals surface area contributed by atoms with Crippen molar-refractivity contribution in [2.45, 2.75) is 19.3 Å². The Morgan fingerprint density at radius 3 is 2.92 bits per heavy atom. The largest absolute Gasteiger partial charge is 0.369 e. The number of primary amides is 1. The van der Waals surface area contributed by atoms with Gasteiger partial charge >= 0.3 is 0 Å². The third kappa shape index (κ3) is 1.22. The maximum Gasteiger partial charge on any atom is 0.223 e. The van der Waals surface area contributed by atoms with Gasteiger partial charge < -0.3 is 5.72 Å². The lowest BCUT2D eigenvalue weighted by Gasteiger charge is -2.05. The first-order valence-corrected chi connectivity index (χ1v) is 4.43. The molecule has 2 N–H and O–H groups in total. The SMILES string of the molecule is [2H]N([2H])C(=O)[C@@]1(C)C[C@@H]1c1ccccc1. The molecule has 2 nitrogen and oxygen atoms in total. The van der Waals surface area contributed by atoms with Gasteiger partial charge in [0.25, 0.3) is 0 Å². The van der Waals surface area contributed by atoms with Crippen molar-refractivity contribution in [2.24, 2.45) is 11.1 Å². The molecule has 13 heavy (non-hydrogen) atoms. The van der Waals surface area contributed by atoms with Crippen LogP contribution in [0.5, 0.6) is 0 Å². The van der Waals surface area contributed by atoms with Crippen LogP contribution < -0.4 is 5.72 Å². The number of benzene rings is 1. The Bertz CT molecular complexity index is 379. The lowest BCUT2D eigenvalue weighted by atomic mass is 10.0. The lowest BCUT2D eigenvalue weighted by molar-refractivity contribution is -0.122. The van der Waals surface area contributed by atoms with E-state index in [0.717, 1.165) is 12.0 Å². The Kier molecular flexibility index (Phi) is 1.23. The highest BCUT2D eigenvalue weighted by Crippen LogP contribution is 2.58. The number of hydrogen-bond donors (Lipinski definition) is 1. The molecule has 1 aromatic rings. The molecule has 1 aliphatic carbocycles. The maximum absolute atomic E-state index is 11.6. The van der Waals surface area contributed by atoms with E-state index >= 15 is 0 Å². The Morgan fingerprint density at radius 1 is 1.62 bits per heavy atom. The summed E-state index contributed by atoms with van der Waals surface area (Å²) in [6.07, 6.45) is 0.740. The molecule has 0 unspecified atom stereocenters. The third-order valence-corrected chi connectivity index (χ3v) is 2.93. The zero-order valence-corrected chi connectivity index (χ0v) is 7.53. The van der Waals surface area contributed by atoms with Crippen LogP contribution in [-0.2, 0) is 4.79 Å². The summed E-state index contributed by atoms with van der Waals surface area (Å²) in [4.78, 5) is 11.6. The monoisotopic (exact) mass is 177 g/mol. The number of nitrogens with two attached hydrogens (primary N) is 1. The van der Waals surface area contributed by atoms with E-state index in [2.05, 4.69) is 0 Å². The molecule has 68 valence electrons. The van der Waals surface area contributed by atoms with Crippen molar-refractivity contribution in [3.05, 3.63) is 35.9 Å². The fraction of sp³-hybridized carbons (Fsp3) is 0.364. The van der Waals surface area contributed by atoms with Gasteiger partial charge in [-0.05, 0) is 17.9 Å². The van der Waals surface area contributed by atoms with E-state index in [0.29, 0.717) is 0 Å². The van der Waals surface area contributed by atoms with Crippen LogP contribution in [0.15, 0.2) is 30.3 Å². The second-order valence-electron chi connectivity index (χ2n) is 3.89. The van der Waals surface area contributed by atoms with Crippen molar-refractivity contribution < 1.29 is 7.62 Å². The van der Waals surface area contributed by atoms with Crippen molar-refractivity contribution in [2.75, 3.05) is 0 Å². The van der Waals surface area contributed by atoms with Gasteiger partial charge in [-0.2, -0.15) is 0 Å². The molecule has 1 aliphatic rings.